The van der Waals surface area contributed by atoms with Crippen LogP contribution in [0.2, 0.25) is 0 Å². The number of rotatable bonds is 2. The van der Waals surface area contributed by atoms with Gasteiger partial charge in [0.25, 0.3) is 11.8 Å². The van der Waals surface area contributed by atoms with Crippen molar-refractivity contribution in [2.75, 3.05) is 18.0 Å². The number of carbonyl (C=O) groups is 1. The molecule has 1 aromatic heterocycles. The molecular formula is C13H12F2N3OS. The number of hydrogen-bond donors (Lipinski definition) is 1. The Morgan fingerprint density at radius 3 is 3.05 bits per heavy atom. The molecule has 1 aliphatic rings. The molecule has 3 rings (SSSR count). The summed E-state index contributed by atoms with van der Waals surface area (Å²) in [6.07, 6.45) is 0.340. The van der Waals surface area contributed by atoms with Gasteiger partial charge in [0, 0.05) is 13.0 Å². The van der Waals surface area contributed by atoms with Crippen molar-refractivity contribution in [3.8, 4) is 0 Å². The average molecular weight is 296 g/mol. The van der Waals surface area contributed by atoms with Gasteiger partial charge in [0.2, 0.25) is 0 Å². The maximum Gasteiger partial charge on any atom is 0.265 e. The van der Waals surface area contributed by atoms with Crippen LogP contribution < -0.4 is 10.6 Å². The lowest BCUT2D eigenvalue weighted by Crippen LogP contribution is -2.42. The monoisotopic (exact) mass is 296 g/mol. The van der Waals surface area contributed by atoms with Gasteiger partial charge >= 0.3 is 0 Å². The summed E-state index contributed by atoms with van der Waals surface area (Å²) in [6, 6.07) is 6.09. The zero-order chi connectivity index (χ0) is 14.3. The molecule has 4 nitrogen and oxygen atoms in total. The van der Waals surface area contributed by atoms with E-state index >= 15 is 0 Å². The summed E-state index contributed by atoms with van der Waals surface area (Å²) in [5.74, 6) is -3.30. The lowest BCUT2D eigenvalue weighted by atomic mass is 10.1. The molecule has 0 atom stereocenters. The Bertz CT molecular complexity index is 671. The van der Waals surface area contributed by atoms with E-state index in [0.29, 0.717) is 23.6 Å². The summed E-state index contributed by atoms with van der Waals surface area (Å²) in [7, 11) is 0. The maximum absolute atomic E-state index is 13.5. The summed E-state index contributed by atoms with van der Waals surface area (Å²) in [4.78, 5) is 17.2. The molecule has 1 amide bonds. The van der Waals surface area contributed by atoms with Crippen molar-refractivity contribution in [2.24, 2.45) is 5.73 Å². The van der Waals surface area contributed by atoms with E-state index in [2.05, 4.69) is 11.1 Å². The molecule has 1 aromatic carbocycles. The minimum atomic E-state index is -2.69. The van der Waals surface area contributed by atoms with Gasteiger partial charge in [-0.1, -0.05) is 17.4 Å². The van der Waals surface area contributed by atoms with Gasteiger partial charge in [0.15, 0.2) is 5.13 Å². The third-order valence-corrected chi connectivity index (χ3v) is 4.33. The van der Waals surface area contributed by atoms with E-state index in [1.165, 1.54) is 11.3 Å². The van der Waals surface area contributed by atoms with Crippen molar-refractivity contribution in [3.63, 3.8) is 0 Å². The van der Waals surface area contributed by atoms with E-state index < -0.39 is 11.8 Å². The highest BCUT2D eigenvalue weighted by atomic mass is 32.1. The third-order valence-electron chi connectivity index (χ3n) is 3.25. The van der Waals surface area contributed by atoms with Gasteiger partial charge in [0.05, 0.1) is 22.3 Å². The number of carbonyl (C=O) groups excluding carboxylic acids is 1. The molecule has 0 bridgehead atoms. The zero-order valence-electron chi connectivity index (χ0n) is 10.5. The van der Waals surface area contributed by atoms with Gasteiger partial charge in [-0.3, -0.25) is 4.79 Å². The number of piperidine rings is 1. The van der Waals surface area contributed by atoms with E-state index in [0.717, 1.165) is 4.70 Å². The average Bonchev–Trinajstić information content (AvgIpc) is 2.80. The first-order chi connectivity index (χ1) is 9.46. The van der Waals surface area contributed by atoms with Crippen LogP contribution in [-0.2, 0) is 0 Å². The third kappa shape index (κ3) is 2.33. The molecule has 0 spiro atoms. The molecule has 2 N–H and O–H groups in total. The summed E-state index contributed by atoms with van der Waals surface area (Å²) in [6.45, 7) is 0.216. The first-order valence-corrected chi connectivity index (χ1v) is 7.02. The second-order valence-electron chi connectivity index (χ2n) is 4.81. The van der Waals surface area contributed by atoms with Crippen molar-refractivity contribution < 1.29 is 13.6 Å². The predicted octanol–water partition coefficient (Wildman–Crippen LogP) is 2.43. The number of halogens is 2. The molecule has 105 valence electrons. The molecule has 7 heteroatoms. The zero-order valence-corrected chi connectivity index (χ0v) is 11.3. The fourth-order valence-electron chi connectivity index (χ4n) is 2.33. The Balaban J connectivity index is 2.01. The fraction of sp³-hybridized carbons (Fsp3) is 0.385. The minimum Gasteiger partial charge on any atom is -0.366 e. The maximum atomic E-state index is 13.5. The topological polar surface area (TPSA) is 59.2 Å². The lowest BCUT2D eigenvalue weighted by molar-refractivity contribution is -0.0116. The minimum absolute atomic E-state index is 0.0886. The summed E-state index contributed by atoms with van der Waals surface area (Å²) in [5, 5.41) is 0.501. The van der Waals surface area contributed by atoms with Crippen LogP contribution in [0.25, 0.3) is 10.2 Å². The van der Waals surface area contributed by atoms with Gasteiger partial charge in [-0.05, 0) is 18.6 Å². The highest BCUT2D eigenvalue weighted by Crippen LogP contribution is 2.35. The van der Waals surface area contributed by atoms with Crippen molar-refractivity contribution in [1.29, 1.82) is 0 Å². The smallest absolute Gasteiger partial charge is 0.265 e. The van der Waals surface area contributed by atoms with Crippen LogP contribution in [0.5, 0.6) is 0 Å². The fourth-order valence-corrected chi connectivity index (χ4v) is 3.33. The highest BCUT2D eigenvalue weighted by Gasteiger charge is 2.36. The highest BCUT2D eigenvalue weighted by molar-refractivity contribution is 7.22. The first kappa shape index (κ1) is 13.2. The molecule has 2 aromatic rings. The standard InChI is InChI=1S/C13H12F2N3OS/c14-13(15)5-2-6-18(7-13)12-17-10-8(11(16)19)3-1-4-9(10)20-12/h1,4H,2,5-7H2,(H2,16,19). The van der Waals surface area contributed by atoms with Gasteiger partial charge < -0.3 is 10.6 Å². The van der Waals surface area contributed by atoms with Crippen LogP contribution in [0.15, 0.2) is 12.1 Å². The first-order valence-electron chi connectivity index (χ1n) is 6.20. The van der Waals surface area contributed by atoms with Crippen LogP contribution in [-0.4, -0.2) is 29.9 Å². The molecule has 1 fully saturated rings. The van der Waals surface area contributed by atoms with E-state index in [-0.39, 0.29) is 18.5 Å². The Morgan fingerprint density at radius 1 is 1.55 bits per heavy atom. The van der Waals surface area contributed by atoms with Crippen LogP contribution >= 0.6 is 11.3 Å². The number of anilines is 1. The van der Waals surface area contributed by atoms with Crippen LogP contribution in [0.1, 0.15) is 23.2 Å². The molecule has 1 aliphatic heterocycles. The van der Waals surface area contributed by atoms with Gasteiger partial charge in [-0.25, -0.2) is 13.8 Å². The van der Waals surface area contributed by atoms with Crippen LogP contribution in [0.4, 0.5) is 13.9 Å². The SMILES string of the molecule is NC(=O)c1[c]ccc2sc(N3CCCC(F)(F)C3)nc12. The van der Waals surface area contributed by atoms with Crippen molar-refractivity contribution >= 4 is 32.6 Å². The molecule has 0 saturated carbocycles. The number of nitrogens with zero attached hydrogens (tertiary/aromatic N) is 2. The number of hydrogen-bond acceptors (Lipinski definition) is 4. The number of thiazole rings is 1. The molecule has 0 aliphatic carbocycles. The van der Waals surface area contributed by atoms with E-state index in [4.69, 9.17) is 5.73 Å². The van der Waals surface area contributed by atoms with Crippen molar-refractivity contribution in [2.45, 2.75) is 18.8 Å². The van der Waals surface area contributed by atoms with E-state index in [9.17, 15) is 13.6 Å². The van der Waals surface area contributed by atoms with Crippen LogP contribution in [0, 0.1) is 6.07 Å². The second kappa shape index (κ2) is 4.66. The van der Waals surface area contributed by atoms with Crippen molar-refractivity contribution in [3.05, 3.63) is 23.8 Å². The molecule has 20 heavy (non-hydrogen) atoms. The number of primary amides is 1. The second-order valence-corrected chi connectivity index (χ2v) is 5.82. The number of nitrogens with two attached hydrogens (primary N) is 1. The summed E-state index contributed by atoms with van der Waals surface area (Å²) >= 11 is 1.29. The van der Waals surface area contributed by atoms with Crippen LogP contribution in [0.3, 0.4) is 0 Å². The number of alkyl halides is 2. The van der Waals surface area contributed by atoms with E-state index in [1.54, 1.807) is 17.0 Å². The molecule has 0 unspecified atom stereocenters. The lowest BCUT2D eigenvalue weighted by Gasteiger charge is -2.32. The van der Waals surface area contributed by atoms with Crippen molar-refractivity contribution in [1.82, 2.24) is 4.98 Å². The predicted molar refractivity (Wildman–Crippen MR) is 73.4 cm³/mol. The molecule has 2 heterocycles. The Kier molecular flexibility index (Phi) is 3.08. The van der Waals surface area contributed by atoms with E-state index in [1.807, 2.05) is 0 Å². The molecule has 1 saturated heterocycles. The Labute approximate surface area is 118 Å². The molecule has 1 radical (unpaired) electrons. The Morgan fingerprint density at radius 2 is 2.35 bits per heavy atom. The molecular weight excluding hydrogens is 284 g/mol. The summed E-state index contributed by atoms with van der Waals surface area (Å²) < 4.78 is 27.7. The summed E-state index contributed by atoms with van der Waals surface area (Å²) in [5.41, 5.74) is 5.91. The number of benzene rings is 1. The Hall–Kier alpha value is -1.76. The van der Waals surface area contributed by atoms with Gasteiger partial charge in [0.1, 0.15) is 0 Å². The quantitative estimate of drug-likeness (QED) is 0.926. The number of fused-ring (bicyclic) bond motifs is 1. The number of aromatic nitrogens is 1. The van der Waals surface area contributed by atoms with Gasteiger partial charge in [-0.2, -0.15) is 0 Å². The number of amides is 1. The largest absolute Gasteiger partial charge is 0.366 e. The normalized spacial score (nSPS) is 18.4. The van der Waals surface area contributed by atoms with Gasteiger partial charge in [-0.15, -0.1) is 0 Å².